The highest BCUT2D eigenvalue weighted by Crippen LogP contribution is 2.24. The first-order chi connectivity index (χ1) is 13.0. The van der Waals surface area contributed by atoms with E-state index in [-0.39, 0.29) is 29.6 Å². The molecule has 2 aliphatic rings. The molecule has 2 saturated heterocycles. The number of rotatable bonds is 6. The van der Waals surface area contributed by atoms with Gasteiger partial charge in [-0.25, -0.2) is 4.98 Å². The summed E-state index contributed by atoms with van der Waals surface area (Å²) in [5, 5.41) is 6.91. The molecule has 0 spiro atoms. The minimum atomic E-state index is -0.0560. The first-order valence-corrected chi connectivity index (χ1v) is 10.2. The summed E-state index contributed by atoms with van der Waals surface area (Å²) < 4.78 is 11.6. The second-order valence-corrected chi connectivity index (χ2v) is 8.18. The lowest BCUT2D eigenvalue weighted by atomic mass is 9.97. The highest BCUT2D eigenvalue weighted by atomic mass is 127. The molecule has 28 heavy (non-hydrogen) atoms. The van der Waals surface area contributed by atoms with Crippen molar-refractivity contribution in [3.63, 3.8) is 0 Å². The quantitative estimate of drug-likeness (QED) is 0.352. The molecule has 0 amide bonds. The van der Waals surface area contributed by atoms with Crippen molar-refractivity contribution in [3.05, 3.63) is 17.3 Å². The van der Waals surface area contributed by atoms with Gasteiger partial charge in [0.25, 0.3) is 0 Å². The normalized spacial score (nSPS) is 24.2. The number of nitrogens with one attached hydrogen (secondary N) is 2. The minimum absolute atomic E-state index is 0. The third kappa shape index (κ3) is 6.59. The van der Waals surface area contributed by atoms with Crippen LogP contribution >= 0.6 is 24.0 Å². The topological polar surface area (TPSA) is 74.9 Å². The van der Waals surface area contributed by atoms with Gasteiger partial charge < -0.3 is 19.8 Å². The van der Waals surface area contributed by atoms with E-state index in [1.54, 1.807) is 0 Å². The van der Waals surface area contributed by atoms with E-state index in [9.17, 15) is 0 Å². The zero-order valence-corrected chi connectivity index (χ0v) is 20.0. The van der Waals surface area contributed by atoms with Crippen LogP contribution < -0.4 is 10.6 Å². The van der Waals surface area contributed by atoms with Crippen LogP contribution in [0.2, 0.25) is 0 Å². The van der Waals surface area contributed by atoms with E-state index in [0.29, 0.717) is 5.92 Å². The van der Waals surface area contributed by atoms with Crippen molar-refractivity contribution >= 4 is 29.9 Å². The number of halogens is 1. The molecule has 2 fully saturated rings. The maximum Gasteiger partial charge on any atom is 0.208 e. The van der Waals surface area contributed by atoms with Gasteiger partial charge in [0, 0.05) is 26.7 Å². The maximum absolute atomic E-state index is 5.84. The van der Waals surface area contributed by atoms with E-state index >= 15 is 0 Å². The second-order valence-electron chi connectivity index (χ2n) is 8.18. The van der Waals surface area contributed by atoms with Crippen LogP contribution in [0.25, 0.3) is 0 Å². The molecule has 0 saturated carbocycles. The number of aromatic nitrogens is 1. The van der Waals surface area contributed by atoms with E-state index in [1.807, 2.05) is 20.9 Å². The minimum Gasteiger partial charge on any atom is -0.444 e. The SMILES string of the molecule is CN=C(NCC1CCN(Cc2nc(C)c(C)o2)CC1)NCC1(C)CCCO1.I. The van der Waals surface area contributed by atoms with Crippen LogP contribution in [-0.2, 0) is 11.3 Å². The molecule has 2 aliphatic heterocycles. The van der Waals surface area contributed by atoms with Crippen molar-refractivity contribution in [3.8, 4) is 0 Å². The first kappa shape index (κ1) is 23.4. The summed E-state index contributed by atoms with van der Waals surface area (Å²) in [7, 11) is 1.83. The summed E-state index contributed by atoms with van der Waals surface area (Å²) >= 11 is 0. The molecule has 1 aromatic rings. The molecular weight excluding hydrogens is 469 g/mol. The third-order valence-electron chi connectivity index (χ3n) is 5.85. The van der Waals surface area contributed by atoms with Crippen LogP contribution in [0.3, 0.4) is 0 Å². The zero-order chi connectivity index (χ0) is 19.3. The largest absolute Gasteiger partial charge is 0.444 e. The van der Waals surface area contributed by atoms with E-state index < -0.39 is 0 Å². The monoisotopic (exact) mass is 505 g/mol. The van der Waals surface area contributed by atoms with Crippen LogP contribution in [0.1, 0.15) is 50.0 Å². The maximum atomic E-state index is 5.84. The summed E-state index contributed by atoms with van der Waals surface area (Å²) in [6, 6.07) is 0. The highest BCUT2D eigenvalue weighted by Gasteiger charge is 2.29. The number of guanidine groups is 1. The Balaban J connectivity index is 0.00000280. The number of likely N-dealkylation sites (tertiary alicyclic amines) is 1. The molecule has 1 unspecified atom stereocenters. The summed E-state index contributed by atoms with van der Waals surface area (Å²) in [5.74, 6) is 3.32. The van der Waals surface area contributed by atoms with Gasteiger partial charge in [0.15, 0.2) is 5.96 Å². The fraction of sp³-hybridized carbons (Fsp3) is 0.800. The molecule has 1 atom stereocenters. The standard InChI is InChI=1S/C20H35N5O2.HI/c1-15-16(2)27-18(24-15)13-25-9-6-17(7-10-25)12-22-19(21-4)23-14-20(3)8-5-11-26-20;/h17H,5-14H2,1-4H3,(H2,21,22,23);1H. The van der Waals surface area contributed by atoms with Gasteiger partial charge in [-0.15, -0.1) is 24.0 Å². The molecule has 7 nitrogen and oxygen atoms in total. The molecule has 0 aliphatic carbocycles. The predicted octanol–water partition coefficient (Wildman–Crippen LogP) is 2.86. The molecule has 0 radical (unpaired) electrons. The van der Waals surface area contributed by atoms with Gasteiger partial charge in [-0.1, -0.05) is 0 Å². The van der Waals surface area contributed by atoms with Crippen LogP contribution in [0.15, 0.2) is 9.41 Å². The molecule has 0 aromatic carbocycles. The number of piperidine rings is 1. The van der Waals surface area contributed by atoms with Crippen molar-refractivity contribution in [2.24, 2.45) is 10.9 Å². The molecular formula is C20H36IN5O2. The zero-order valence-electron chi connectivity index (χ0n) is 17.7. The number of oxazole rings is 1. The lowest BCUT2D eigenvalue weighted by Gasteiger charge is -2.31. The highest BCUT2D eigenvalue weighted by molar-refractivity contribution is 14.0. The van der Waals surface area contributed by atoms with Gasteiger partial charge in [0.2, 0.25) is 5.89 Å². The van der Waals surface area contributed by atoms with Gasteiger partial charge in [-0.2, -0.15) is 0 Å². The molecule has 0 bridgehead atoms. The van der Waals surface area contributed by atoms with Crippen molar-refractivity contribution in [1.29, 1.82) is 0 Å². The van der Waals surface area contributed by atoms with Gasteiger partial charge in [0.1, 0.15) is 5.76 Å². The van der Waals surface area contributed by atoms with E-state index in [2.05, 4.69) is 32.4 Å². The Morgan fingerprint density at radius 2 is 2.04 bits per heavy atom. The second kappa shape index (κ2) is 10.8. The van der Waals surface area contributed by atoms with Crippen molar-refractivity contribution in [2.45, 2.75) is 58.6 Å². The Bertz CT molecular complexity index is 615. The van der Waals surface area contributed by atoms with Crippen LogP contribution in [0.5, 0.6) is 0 Å². The average Bonchev–Trinajstić information content (AvgIpc) is 3.22. The van der Waals surface area contributed by atoms with Gasteiger partial charge in [-0.3, -0.25) is 9.89 Å². The Labute approximate surface area is 186 Å². The predicted molar refractivity (Wildman–Crippen MR) is 122 cm³/mol. The van der Waals surface area contributed by atoms with Crippen LogP contribution in [-0.4, -0.2) is 61.3 Å². The Morgan fingerprint density at radius 3 is 2.61 bits per heavy atom. The third-order valence-corrected chi connectivity index (χ3v) is 5.85. The van der Waals surface area contributed by atoms with Crippen molar-refractivity contribution < 1.29 is 9.15 Å². The number of hydrogen-bond acceptors (Lipinski definition) is 5. The summed E-state index contributed by atoms with van der Waals surface area (Å²) in [6.45, 7) is 11.8. The van der Waals surface area contributed by atoms with E-state index in [4.69, 9.17) is 9.15 Å². The van der Waals surface area contributed by atoms with Crippen LogP contribution in [0.4, 0.5) is 0 Å². The number of aliphatic imine (C=N–C) groups is 1. The van der Waals surface area contributed by atoms with Gasteiger partial charge in [-0.05, 0) is 65.5 Å². The fourth-order valence-electron chi connectivity index (χ4n) is 3.86. The Kier molecular flexibility index (Phi) is 9.01. The van der Waals surface area contributed by atoms with E-state index in [1.165, 1.54) is 12.8 Å². The number of ether oxygens (including phenoxy) is 1. The number of aryl methyl sites for hydroxylation is 2. The molecule has 3 rings (SSSR count). The summed E-state index contributed by atoms with van der Waals surface area (Å²) in [5.41, 5.74) is 0.944. The molecule has 160 valence electrons. The molecule has 3 heterocycles. The molecule has 8 heteroatoms. The molecule has 2 N–H and O–H groups in total. The smallest absolute Gasteiger partial charge is 0.208 e. The lowest BCUT2D eigenvalue weighted by Crippen LogP contribution is -2.47. The van der Waals surface area contributed by atoms with Gasteiger partial charge in [0.05, 0.1) is 17.8 Å². The summed E-state index contributed by atoms with van der Waals surface area (Å²) in [4.78, 5) is 11.3. The number of nitrogens with zero attached hydrogens (tertiary/aromatic N) is 3. The summed E-state index contributed by atoms with van der Waals surface area (Å²) in [6.07, 6.45) is 4.63. The lowest BCUT2D eigenvalue weighted by molar-refractivity contribution is 0.0242. The van der Waals surface area contributed by atoms with Crippen molar-refractivity contribution in [2.75, 3.05) is 39.8 Å². The van der Waals surface area contributed by atoms with Crippen LogP contribution in [0, 0.1) is 19.8 Å². The average molecular weight is 505 g/mol. The Morgan fingerprint density at radius 1 is 1.29 bits per heavy atom. The van der Waals surface area contributed by atoms with E-state index in [0.717, 1.165) is 75.5 Å². The Hall–Kier alpha value is -0.870. The molecule has 1 aromatic heterocycles. The first-order valence-electron chi connectivity index (χ1n) is 10.2. The number of hydrogen-bond donors (Lipinski definition) is 2. The van der Waals surface area contributed by atoms with Gasteiger partial charge >= 0.3 is 0 Å². The van der Waals surface area contributed by atoms with Crippen molar-refractivity contribution in [1.82, 2.24) is 20.5 Å². The fourth-order valence-corrected chi connectivity index (χ4v) is 3.86.